The van der Waals surface area contributed by atoms with E-state index in [0.29, 0.717) is 12.5 Å². The minimum atomic E-state index is 0.0118. The Morgan fingerprint density at radius 2 is 2.08 bits per heavy atom. The molecule has 0 fully saturated rings. The average molecular weight is 173 g/mol. The van der Waals surface area contributed by atoms with Gasteiger partial charge in [-0.05, 0) is 12.3 Å². The highest BCUT2D eigenvalue weighted by Crippen LogP contribution is 2.04. The summed E-state index contributed by atoms with van der Waals surface area (Å²) in [6.07, 6.45) is 0.966. The number of rotatable bonds is 5. The van der Waals surface area contributed by atoms with E-state index in [0.717, 1.165) is 6.42 Å². The van der Waals surface area contributed by atoms with Gasteiger partial charge in [0.25, 0.3) is 0 Å². The molecule has 72 valence electrons. The molecule has 0 aliphatic carbocycles. The Balaban J connectivity index is 3.77. The SMILES string of the molecule is COC[C@H](CC(C)C)NC(C)=O. The molecule has 0 aliphatic rings. The number of amides is 1. The lowest BCUT2D eigenvalue weighted by Gasteiger charge is -2.18. The van der Waals surface area contributed by atoms with Crippen molar-refractivity contribution in [2.24, 2.45) is 5.92 Å². The molecule has 0 spiro atoms. The van der Waals surface area contributed by atoms with Crippen LogP contribution in [0.1, 0.15) is 27.2 Å². The van der Waals surface area contributed by atoms with Crippen molar-refractivity contribution in [2.75, 3.05) is 13.7 Å². The Kier molecular flexibility index (Phi) is 5.72. The number of hydrogen-bond acceptors (Lipinski definition) is 2. The van der Waals surface area contributed by atoms with Gasteiger partial charge in [-0.2, -0.15) is 0 Å². The summed E-state index contributed by atoms with van der Waals surface area (Å²) in [4.78, 5) is 10.7. The second-order valence-electron chi connectivity index (χ2n) is 3.48. The van der Waals surface area contributed by atoms with E-state index >= 15 is 0 Å². The van der Waals surface area contributed by atoms with Gasteiger partial charge >= 0.3 is 0 Å². The quantitative estimate of drug-likeness (QED) is 0.678. The smallest absolute Gasteiger partial charge is 0.217 e. The molecule has 0 aromatic rings. The fourth-order valence-corrected chi connectivity index (χ4v) is 1.23. The highest BCUT2D eigenvalue weighted by molar-refractivity contribution is 5.73. The van der Waals surface area contributed by atoms with Crippen LogP contribution in [0, 0.1) is 5.92 Å². The largest absolute Gasteiger partial charge is 0.383 e. The number of carbonyl (C=O) groups excluding carboxylic acids is 1. The molecule has 0 bridgehead atoms. The molecular formula is C9H19NO2. The summed E-state index contributed by atoms with van der Waals surface area (Å²) in [5.41, 5.74) is 0. The van der Waals surface area contributed by atoms with Gasteiger partial charge in [0, 0.05) is 14.0 Å². The van der Waals surface area contributed by atoms with Crippen molar-refractivity contribution < 1.29 is 9.53 Å². The van der Waals surface area contributed by atoms with Gasteiger partial charge in [0.05, 0.1) is 12.6 Å². The molecule has 12 heavy (non-hydrogen) atoms. The lowest BCUT2D eigenvalue weighted by molar-refractivity contribution is -0.120. The van der Waals surface area contributed by atoms with E-state index in [1.807, 2.05) is 0 Å². The summed E-state index contributed by atoms with van der Waals surface area (Å²) in [6.45, 7) is 6.38. The number of nitrogens with one attached hydrogen (secondary N) is 1. The molecule has 1 amide bonds. The first-order valence-electron chi connectivity index (χ1n) is 4.32. The second-order valence-corrected chi connectivity index (χ2v) is 3.48. The van der Waals surface area contributed by atoms with Gasteiger partial charge in [-0.1, -0.05) is 13.8 Å². The zero-order chi connectivity index (χ0) is 9.56. The first-order valence-corrected chi connectivity index (χ1v) is 4.32. The van der Waals surface area contributed by atoms with Crippen molar-refractivity contribution in [1.82, 2.24) is 5.32 Å². The van der Waals surface area contributed by atoms with Crippen LogP contribution in [0.2, 0.25) is 0 Å². The van der Waals surface area contributed by atoms with Crippen molar-refractivity contribution in [1.29, 1.82) is 0 Å². The maximum Gasteiger partial charge on any atom is 0.217 e. The molecule has 3 nitrogen and oxygen atoms in total. The molecule has 3 heteroatoms. The van der Waals surface area contributed by atoms with Crippen LogP contribution in [-0.4, -0.2) is 25.7 Å². The summed E-state index contributed by atoms with van der Waals surface area (Å²) in [7, 11) is 1.65. The van der Waals surface area contributed by atoms with Gasteiger partial charge in [0.15, 0.2) is 0 Å². The molecule has 0 saturated carbocycles. The summed E-state index contributed by atoms with van der Waals surface area (Å²) in [5.74, 6) is 0.592. The van der Waals surface area contributed by atoms with Crippen LogP contribution in [-0.2, 0) is 9.53 Å². The van der Waals surface area contributed by atoms with E-state index in [9.17, 15) is 4.79 Å². The fourth-order valence-electron chi connectivity index (χ4n) is 1.23. The van der Waals surface area contributed by atoms with Gasteiger partial charge in [0.1, 0.15) is 0 Å². The van der Waals surface area contributed by atoms with Crippen molar-refractivity contribution >= 4 is 5.91 Å². The molecule has 0 aliphatic heterocycles. The van der Waals surface area contributed by atoms with Crippen LogP contribution in [0.15, 0.2) is 0 Å². The minimum absolute atomic E-state index is 0.0118. The first-order chi connectivity index (χ1) is 5.56. The summed E-state index contributed by atoms with van der Waals surface area (Å²) < 4.78 is 4.99. The Hall–Kier alpha value is -0.570. The van der Waals surface area contributed by atoms with E-state index in [1.54, 1.807) is 7.11 Å². The summed E-state index contributed by atoms with van der Waals surface area (Å²) in [5, 5.41) is 2.85. The lowest BCUT2D eigenvalue weighted by atomic mass is 10.0. The molecule has 0 unspecified atom stereocenters. The molecule has 0 saturated heterocycles. The maximum absolute atomic E-state index is 10.7. The van der Waals surface area contributed by atoms with Crippen LogP contribution >= 0.6 is 0 Å². The zero-order valence-corrected chi connectivity index (χ0v) is 8.39. The van der Waals surface area contributed by atoms with Crippen LogP contribution in [0.25, 0.3) is 0 Å². The van der Waals surface area contributed by atoms with Gasteiger partial charge < -0.3 is 10.1 Å². The molecule has 1 N–H and O–H groups in total. The Labute approximate surface area is 74.5 Å². The van der Waals surface area contributed by atoms with Gasteiger partial charge in [0.2, 0.25) is 5.91 Å². The van der Waals surface area contributed by atoms with Crippen LogP contribution < -0.4 is 5.32 Å². The number of methoxy groups -OCH3 is 1. The molecule has 1 atom stereocenters. The van der Waals surface area contributed by atoms with E-state index in [4.69, 9.17) is 4.74 Å². The summed E-state index contributed by atoms with van der Waals surface area (Å²) in [6, 6.07) is 0.160. The van der Waals surface area contributed by atoms with Gasteiger partial charge in [-0.25, -0.2) is 0 Å². The summed E-state index contributed by atoms with van der Waals surface area (Å²) >= 11 is 0. The van der Waals surface area contributed by atoms with Crippen molar-refractivity contribution in [3.8, 4) is 0 Å². The minimum Gasteiger partial charge on any atom is -0.383 e. The predicted octanol–water partition coefficient (Wildman–Crippen LogP) is 1.18. The molecule has 0 radical (unpaired) electrons. The molecule has 0 rings (SSSR count). The second kappa shape index (κ2) is 6.00. The van der Waals surface area contributed by atoms with E-state index in [1.165, 1.54) is 6.92 Å². The number of carbonyl (C=O) groups is 1. The Morgan fingerprint density at radius 1 is 1.50 bits per heavy atom. The first kappa shape index (κ1) is 11.4. The monoisotopic (exact) mass is 173 g/mol. The van der Waals surface area contributed by atoms with E-state index < -0.39 is 0 Å². The third kappa shape index (κ3) is 6.16. The maximum atomic E-state index is 10.7. The Morgan fingerprint density at radius 3 is 2.42 bits per heavy atom. The molecule has 0 heterocycles. The fraction of sp³-hybridized carbons (Fsp3) is 0.889. The third-order valence-corrected chi connectivity index (χ3v) is 1.53. The highest BCUT2D eigenvalue weighted by atomic mass is 16.5. The highest BCUT2D eigenvalue weighted by Gasteiger charge is 2.10. The molecular weight excluding hydrogens is 154 g/mol. The van der Waals surface area contributed by atoms with Crippen LogP contribution in [0.5, 0.6) is 0 Å². The Bertz CT molecular complexity index is 134. The average Bonchev–Trinajstić information content (AvgIpc) is 1.84. The standard InChI is InChI=1S/C9H19NO2/c1-7(2)5-9(6-12-4)10-8(3)11/h7,9H,5-6H2,1-4H3,(H,10,11)/t9-/m0/s1. The zero-order valence-electron chi connectivity index (χ0n) is 8.39. The number of ether oxygens (including phenoxy) is 1. The predicted molar refractivity (Wildman–Crippen MR) is 48.9 cm³/mol. The van der Waals surface area contributed by atoms with Crippen LogP contribution in [0.3, 0.4) is 0 Å². The lowest BCUT2D eigenvalue weighted by Crippen LogP contribution is -2.37. The third-order valence-electron chi connectivity index (χ3n) is 1.53. The van der Waals surface area contributed by atoms with Gasteiger partial charge in [-0.3, -0.25) is 4.79 Å². The van der Waals surface area contributed by atoms with E-state index in [2.05, 4.69) is 19.2 Å². The van der Waals surface area contributed by atoms with Crippen molar-refractivity contribution in [2.45, 2.75) is 33.2 Å². The van der Waals surface area contributed by atoms with Crippen molar-refractivity contribution in [3.63, 3.8) is 0 Å². The van der Waals surface area contributed by atoms with Gasteiger partial charge in [-0.15, -0.1) is 0 Å². The molecule has 0 aromatic carbocycles. The van der Waals surface area contributed by atoms with Crippen LogP contribution in [0.4, 0.5) is 0 Å². The topological polar surface area (TPSA) is 38.3 Å². The van der Waals surface area contributed by atoms with Crippen molar-refractivity contribution in [3.05, 3.63) is 0 Å². The molecule has 0 aromatic heterocycles. The normalized spacial score (nSPS) is 13.1. The van der Waals surface area contributed by atoms with E-state index in [-0.39, 0.29) is 11.9 Å². The number of hydrogen-bond donors (Lipinski definition) is 1.